The molecule has 3 aliphatic rings. The Hall–Kier alpha value is -1.65. The fourth-order valence-electron chi connectivity index (χ4n) is 7.39. The number of unbranched alkanes of at least 4 members (excludes halogenated alkanes) is 1. The van der Waals surface area contributed by atoms with Crippen molar-refractivity contribution in [2.75, 3.05) is 13.2 Å². The van der Waals surface area contributed by atoms with Gasteiger partial charge in [0.2, 0.25) is 0 Å². The maximum Gasteiger partial charge on any atom is 0.182 e. The zero-order chi connectivity index (χ0) is 27.7. The molecule has 2 saturated carbocycles. The molecule has 0 N–H and O–H groups in total. The number of ether oxygens (including phenoxy) is 2. The maximum atomic E-state index is 15.0. The summed E-state index contributed by atoms with van der Waals surface area (Å²) in [6, 6.07) is 5.88. The van der Waals surface area contributed by atoms with Gasteiger partial charge in [0.1, 0.15) is 0 Å². The van der Waals surface area contributed by atoms with Crippen LogP contribution in [0.3, 0.4) is 0 Å². The summed E-state index contributed by atoms with van der Waals surface area (Å²) in [7, 11) is 0. The first-order valence-corrected chi connectivity index (χ1v) is 17.2. The Balaban J connectivity index is 1.04. The van der Waals surface area contributed by atoms with Crippen LogP contribution in [0.4, 0.5) is 4.39 Å². The minimum Gasteiger partial charge on any atom is -0.490 e. The summed E-state index contributed by atoms with van der Waals surface area (Å²) in [5, 5.41) is 0.957. The van der Waals surface area contributed by atoms with Crippen molar-refractivity contribution in [2.45, 2.75) is 110 Å². The Morgan fingerprint density at radius 3 is 2.38 bits per heavy atom. The molecule has 2 atom stereocenters. The van der Waals surface area contributed by atoms with Crippen molar-refractivity contribution in [3.8, 4) is 5.75 Å². The van der Waals surface area contributed by atoms with Crippen molar-refractivity contribution < 1.29 is 13.9 Å². The lowest BCUT2D eigenvalue weighted by Gasteiger charge is -2.37. The predicted octanol–water partition coefficient (Wildman–Crippen LogP) is 11.2. The van der Waals surface area contributed by atoms with Crippen LogP contribution in [0.1, 0.15) is 115 Å². The normalized spacial score (nSPS) is 30.0. The van der Waals surface area contributed by atoms with Gasteiger partial charge in [-0.1, -0.05) is 50.5 Å². The summed E-state index contributed by atoms with van der Waals surface area (Å²) >= 11 is 1.54. The molecular weight excluding hydrogens is 515 g/mol. The maximum absolute atomic E-state index is 15.0. The van der Waals surface area contributed by atoms with Crippen molar-refractivity contribution in [2.24, 2.45) is 29.6 Å². The highest BCUT2D eigenvalue weighted by Gasteiger charge is 2.30. The first-order chi connectivity index (χ1) is 19.6. The van der Waals surface area contributed by atoms with Gasteiger partial charge in [0.25, 0.3) is 0 Å². The number of benzene rings is 1. The third-order valence-electron chi connectivity index (χ3n) is 10.0. The molecule has 40 heavy (non-hydrogen) atoms. The molecule has 2 unspecified atom stereocenters. The van der Waals surface area contributed by atoms with E-state index in [0.717, 1.165) is 66.2 Å². The van der Waals surface area contributed by atoms with Crippen molar-refractivity contribution >= 4 is 21.4 Å². The molecule has 2 heterocycles. The van der Waals surface area contributed by atoms with Crippen LogP contribution in [0.5, 0.6) is 5.75 Å². The molecule has 2 nitrogen and oxygen atoms in total. The molecule has 2 aromatic rings. The summed E-state index contributed by atoms with van der Waals surface area (Å²) in [4.78, 5) is 1.15. The Labute approximate surface area is 246 Å². The van der Waals surface area contributed by atoms with Gasteiger partial charge in [-0.25, -0.2) is 4.39 Å². The van der Waals surface area contributed by atoms with Crippen LogP contribution in [0, 0.1) is 35.4 Å². The lowest BCUT2D eigenvalue weighted by molar-refractivity contribution is -0.00327. The van der Waals surface area contributed by atoms with E-state index in [1.54, 1.807) is 6.07 Å². The van der Waals surface area contributed by atoms with Gasteiger partial charge in [-0.3, -0.25) is 0 Å². The standard InChI is InChI=1S/C36H51FO2S/c1-3-5-7-8-26-11-16-29(17-12-26)30-18-13-27(14-19-30)9-10-28-15-21-32(39-25-28)34-24-31-20-22-33(38-23-6-4-2)35(37)36(31)40-34/h3,5,9-10,20,22,24,26-30,32H,4,6-8,11-19,21,23,25H2,1-2H3/b5-3+,10-9+. The fraction of sp³-hybridized carbons (Fsp3) is 0.667. The van der Waals surface area contributed by atoms with Crippen LogP contribution in [0.25, 0.3) is 10.1 Å². The minimum atomic E-state index is -0.219. The largest absolute Gasteiger partial charge is 0.490 e. The summed E-state index contributed by atoms with van der Waals surface area (Å²) < 4.78 is 27.8. The first-order valence-electron chi connectivity index (χ1n) is 16.4. The molecule has 0 spiro atoms. The van der Waals surface area contributed by atoms with Crippen LogP contribution in [-0.4, -0.2) is 13.2 Å². The van der Waals surface area contributed by atoms with Crippen molar-refractivity contribution in [3.05, 3.63) is 53.2 Å². The van der Waals surface area contributed by atoms with Gasteiger partial charge in [-0.05, 0) is 125 Å². The topological polar surface area (TPSA) is 18.5 Å². The third kappa shape index (κ3) is 7.79. The number of allylic oxidation sites excluding steroid dienone is 3. The second-order valence-electron chi connectivity index (χ2n) is 12.8. The van der Waals surface area contributed by atoms with Gasteiger partial charge in [-0.15, -0.1) is 11.3 Å². The highest BCUT2D eigenvalue weighted by molar-refractivity contribution is 7.19. The molecule has 220 valence electrons. The molecule has 0 bridgehead atoms. The van der Waals surface area contributed by atoms with Gasteiger partial charge in [0.05, 0.1) is 24.0 Å². The second-order valence-corrected chi connectivity index (χ2v) is 13.9. The van der Waals surface area contributed by atoms with Gasteiger partial charge in [0, 0.05) is 10.8 Å². The fourth-order valence-corrected chi connectivity index (χ4v) is 8.56. The van der Waals surface area contributed by atoms with Crippen molar-refractivity contribution in [1.29, 1.82) is 0 Å². The van der Waals surface area contributed by atoms with Crippen LogP contribution in [-0.2, 0) is 4.74 Å². The number of hydrogen-bond acceptors (Lipinski definition) is 3. The van der Waals surface area contributed by atoms with E-state index >= 15 is 4.39 Å². The van der Waals surface area contributed by atoms with Crippen LogP contribution >= 0.6 is 11.3 Å². The highest BCUT2D eigenvalue weighted by atomic mass is 32.1. The smallest absolute Gasteiger partial charge is 0.182 e. The SMILES string of the molecule is C/C=C/CCC1CCC(C2CCC(/C=C/C3CCC(c4cc5ccc(OCCCC)c(F)c5s4)OC3)CC2)CC1. The summed E-state index contributed by atoms with van der Waals surface area (Å²) in [6.45, 7) is 5.59. The van der Waals surface area contributed by atoms with Gasteiger partial charge >= 0.3 is 0 Å². The minimum absolute atomic E-state index is 0.0829. The molecule has 3 fully saturated rings. The van der Waals surface area contributed by atoms with E-state index < -0.39 is 0 Å². The van der Waals surface area contributed by atoms with E-state index in [1.807, 2.05) is 6.07 Å². The zero-order valence-corrected chi connectivity index (χ0v) is 25.7. The Kier molecular flexibility index (Phi) is 11.2. The average Bonchev–Trinajstić information content (AvgIpc) is 3.44. The number of rotatable bonds is 11. The predicted molar refractivity (Wildman–Crippen MR) is 168 cm³/mol. The molecular formula is C36H51FO2S. The Morgan fingerprint density at radius 1 is 0.950 bits per heavy atom. The molecule has 1 aromatic heterocycles. The van der Waals surface area contributed by atoms with E-state index in [4.69, 9.17) is 9.47 Å². The number of hydrogen-bond donors (Lipinski definition) is 0. The van der Waals surface area contributed by atoms with Crippen LogP contribution in [0.2, 0.25) is 0 Å². The Bertz CT molecular complexity index is 1100. The lowest BCUT2D eigenvalue weighted by atomic mass is 9.68. The van der Waals surface area contributed by atoms with Crippen molar-refractivity contribution in [3.63, 3.8) is 0 Å². The quantitative estimate of drug-likeness (QED) is 0.199. The van der Waals surface area contributed by atoms with Gasteiger partial charge in [0.15, 0.2) is 11.6 Å². The molecule has 1 aromatic carbocycles. The van der Waals surface area contributed by atoms with E-state index in [0.29, 0.717) is 23.0 Å². The second kappa shape index (κ2) is 15.0. The average molecular weight is 567 g/mol. The van der Waals surface area contributed by atoms with Gasteiger partial charge in [-0.2, -0.15) is 0 Å². The van der Waals surface area contributed by atoms with E-state index in [-0.39, 0.29) is 11.9 Å². The number of halogens is 1. The molecule has 4 heteroatoms. The van der Waals surface area contributed by atoms with E-state index in [1.165, 1.54) is 75.5 Å². The molecule has 5 rings (SSSR count). The summed E-state index contributed by atoms with van der Waals surface area (Å²) in [6.07, 6.45) is 27.9. The Morgan fingerprint density at radius 2 is 1.68 bits per heavy atom. The van der Waals surface area contributed by atoms with E-state index in [2.05, 4.69) is 44.2 Å². The zero-order valence-electron chi connectivity index (χ0n) is 24.9. The van der Waals surface area contributed by atoms with Crippen molar-refractivity contribution in [1.82, 2.24) is 0 Å². The van der Waals surface area contributed by atoms with E-state index in [9.17, 15) is 0 Å². The third-order valence-corrected chi connectivity index (χ3v) is 11.2. The molecule has 0 amide bonds. The summed E-state index contributed by atoms with van der Waals surface area (Å²) in [5.41, 5.74) is 0. The van der Waals surface area contributed by atoms with Gasteiger partial charge < -0.3 is 9.47 Å². The van der Waals surface area contributed by atoms with Crippen LogP contribution < -0.4 is 4.74 Å². The highest BCUT2D eigenvalue weighted by Crippen LogP contribution is 2.43. The molecule has 0 radical (unpaired) electrons. The molecule has 1 aliphatic heterocycles. The number of fused-ring (bicyclic) bond motifs is 1. The lowest BCUT2D eigenvalue weighted by Crippen LogP contribution is -2.25. The first kappa shape index (κ1) is 29.8. The molecule has 2 aliphatic carbocycles. The molecule has 1 saturated heterocycles. The number of thiophene rings is 1. The summed E-state index contributed by atoms with van der Waals surface area (Å²) in [5.74, 6) is 4.37. The van der Waals surface area contributed by atoms with Crippen LogP contribution in [0.15, 0.2) is 42.5 Å². The monoisotopic (exact) mass is 566 g/mol.